The Hall–Kier alpha value is -2.35. The number of ether oxygens (including phenoxy) is 2. The van der Waals surface area contributed by atoms with Crippen LogP contribution in [0, 0.1) is 0 Å². The molecule has 1 aromatic carbocycles. The summed E-state index contributed by atoms with van der Waals surface area (Å²) in [4.78, 5) is 11.9. The van der Waals surface area contributed by atoms with Crippen LogP contribution in [-0.2, 0) is 4.79 Å². The predicted molar refractivity (Wildman–Crippen MR) is 83.7 cm³/mol. The van der Waals surface area contributed by atoms with Crippen molar-refractivity contribution in [2.45, 2.75) is 13.3 Å². The molecule has 1 aromatic rings. The number of rotatable bonds is 4. The Morgan fingerprint density at radius 3 is 2.81 bits per heavy atom. The monoisotopic (exact) mass is 308 g/mol. The molecular weight excluding hydrogens is 292 g/mol. The summed E-state index contributed by atoms with van der Waals surface area (Å²) < 4.78 is 10.9. The van der Waals surface area contributed by atoms with Crippen molar-refractivity contribution in [3.8, 4) is 11.5 Å². The highest BCUT2D eigenvalue weighted by Gasteiger charge is 2.13. The molecule has 1 aliphatic rings. The number of hydrogen-bond acceptors (Lipinski definition) is 5. The lowest BCUT2D eigenvalue weighted by atomic mass is 10.2. The average Bonchev–Trinajstić information content (AvgIpc) is 2.45. The Morgan fingerprint density at radius 2 is 2.10 bits per heavy atom. The molecule has 0 aromatic heterocycles. The number of hydrazone groups is 1. The third-order valence-electron chi connectivity index (χ3n) is 2.60. The number of nitrogens with two attached hydrogens (primary N) is 1. The maximum Gasteiger partial charge on any atom is 0.230 e. The molecular formula is C13H16N4O3S. The molecule has 0 fully saturated rings. The average molecular weight is 308 g/mol. The molecule has 0 radical (unpaired) electrons. The van der Waals surface area contributed by atoms with Gasteiger partial charge in [-0.3, -0.25) is 10.2 Å². The third-order valence-corrected chi connectivity index (χ3v) is 2.69. The largest absolute Gasteiger partial charge is 0.486 e. The van der Waals surface area contributed by atoms with E-state index >= 15 is 0 Å². The zero-order chi connectivity index (χ0) is 15.2. The molecule has 0 saturated heterocycles. The summed E-state index contributed by atoms with van der Waals surface area (Å²) in [5.74, 6) is 1.11. The van der Waals surface area contributed by atoms with E-state index in [1.165, 1.54) is 0 Å². The maximum absolute atomic E-state index is 11.9. The molecule has 0 bridgehead atoms. The van der Waals surface area contributed by atoms with Crippen molar-refractivity contribution in [3.05, 3.63) is 18.2 Å². The summed E-state index contributed by atoms with van der Waals surface area (Å²) in [5, 5.41) is 6.69. The van der Waals surface area contributed by atoms with Gasteiger partial charge >= 0.3 is 0 Å². The van der Waals surface area contributed by atoms with Gasteiger partial charge in [0.15, 0.2) is 16.6 Å². The second-order valence-corrected chi connectivity index (χ2v) is 4.85. The van der Waals surface area contributed by atoms with E-state index in [0.717, 1.165) is 0 Å². The Labute approximate surface area is 127 Å². The second kappa shape index (κ2) is 6.89. The van der Waals surface area contributed by atoms with E-state index in [4.69, 9.17) is 15.2 Å². The van der Waals surface area contributed by atoms with Gasteiger partial charge in [-0.1, -0.05) is 0 Å². The minimum absolute atomic E-state index is 0.0570. The van der Waals surface area contributed by atoms with Gasteiger partial charge in [-0.2, -0.15) is 5.10 Å². The lowest BCUT2D eigenvalue weighted by Crippen LogP contribution is -2.26. The van der Waals surface area contributed by atoms with Gasteiger partial charge in [-0.25, -0.2) is 0 Å². The zero-order valence-electron chi connectivity index (χ0n) is 11.5. The number of fused-ring (bicyclic) bond motifs is 1. The molecule has 7 nitrogen and oxygen atoms in total. The van der Waals surface area contributed by atoms with Crippen molar-refractivity contribution in [1.82, 2.24) is 5.43 Å². The molecule has 112 valence electrons. The van der Waals surface area contributed by atoms with Crippen molar-refractivity contribution >= 4 is 34.6 Å². The zero-order valence-corrected chi connectivity index (χ0v) is 12.3. The SMILES string of the molecule is C/C(CC(=O)Nc1ccc2c(c1)OCCO2)=N\NC(N)=S. The highest BCUT2D eigenvalue weighted by atomic mass is 32.1. The summed E-state index contributed by atoms with van der Waals surface area (Å²) in [6.07, 6.45) is 0.129. The van der Waals surface area contributed by atoms with Gasteiger partial charge in [0.25, 0.3) is 0 Å². The molecule has 0 unspecified atom stereocenters. The number of carbonyl (C=O) groups excluding carboxylic acids is 1. The second-order valence-electron chi connectivity index (χ2n) is 4.41. The van der Waals surface area contributed by atoms with Crippen LogP contribution in [0.15, 0.2) is 23.3 Å². The van der Waals surface area contributed by atoms with Crippen molar-refractivity contribution in [1.29, 1.82) is 0 Å². The van der Waals surface area contributed by atoms with Gasteiger partial charge in [-0.15, -0.1) is 0 Å². The van der Waals surface area contributed by atoms with Crippen LogP contribution in [0.5, 0.6) is 11.5 Å². The molecule has 1 aliphatic heterocycles. The summed E-state index contributed by atoms with van der Waals surface area (Å²) in [6, 6.07) is 5.25. The number of nitrogens with one attached hydrogen (secondary N) is 2. The first-order chi connectivity index (χ1) is 10.0. The minimum atomic E-state index is -0.197. The molecule has 0 aliphatic carbocycles. The van der Waals surface area contributed by atoms with E-state index in [1.54, 1.807) is 25.1 Å². The van der Waals surface area contributed by atoms with Crippen molar-refractivity contribution in [2.24, 2.45) is 10.8 Å². The quantitative estimate of drug-likeness (QED) is 0.436. The Morgan fingerprint density at radius 1 is 1.38 bits per heavy atom. The lowest BCUT2D eigenvalue weighted by molar-refractivity contribution is -0.115. The number of nitrogens with zero attached hydrogens (tertiary/aromatic N) is 1. The number of hydrogen-bond donors (Lipinski definition) is 3. The van der Waals surface area contributed by atoms with Crippen LogP contribution >= 0.6 is 12.2 Å². The minimum Gasteiger partial charge on any atom is -0.486 e. The van der Waals surface area contributed by atoms with Crippen LogP contribution in [-0.4, -0.2) is 29.9 Å². The Balaban J connectivity index is 1.93. The van der Waals surface area contributed by atoms with Crippen LogP contribution in [0.1, 0.15) is 13.3 Å². The Bertz CT molecular complexity index is 589. The standard InChI is InChI=1S/C13H16N4O3S/c1-8(16-17-13(14)21)6-12(18)15-9-2-3-10-11(7-9)20-5-4-19-10/h2-3,7H,4-6H2,1H3,(H,15,18)(H3,14,17,21)/b16-8+. The van der Waals surface area contributed by atoms with E-state index in [1.807, 2.05) is 0 Å². The number of benzene rings is 1. The van der Waals surface area contributed by atoms with E-state index < -0.39 is 0 Å². The highest BCUT2D eigenvalue weighted by molar-refractivity contribution is 7.80. The number of amides is 1. The molecule has 0 atom stereocenters. The first-order valence-corrected chi connectivity index (χ1v) is 6.73. The summed E-state index contributed by atoms with van der Waals surface area (Å²) in [6.45, 7) is 2.74. The van der Waals surface area contributed by atoms with E-state index in [9.17, 15) is 4.79 Å². The normalized spacial score (nSPS) is 13.5. The van der Waals surface area contributed by atoms with Gasteiger partial charge < -0.3 is 20.5 Å². The first kappa shape index (κ1) is 15.0. The van der Waals surface area contributed by atoms with E-state index in [2.05, 4.69) is 28.1 Å². The van der Waals surface area contributed by atoms with Crippen LogP contribution in [0.4, 0.5) is 5.69 Å². The van der Waals surface area contributed by atoms with Crippen LogP contribution in [0.25, 0.3) is 0 Å². The van der Waals surface area contributed by atoms with Gasteiger partial charge in [-0.05, 0) is 31.3 Å². The predicted octanol–water partition coefficient (Wildman–Crippen LogP) is 0.995. The van der Waals surface area contributed by atoms with Gasteiger partial charge in [0.05, 0.1) is 6.42 Å². The van der Waals surface area contributed by atoms with Gasteiger partial charge in [0.1, 0.15) is 13.2 Å². The molecule has 2 rings (SSSR count). The van der Waals surface area contributed by atoms with Gasteiger partial charge in [0, 0.05) is 17.5 Å². The smallest absolute Gasteiger partial charge is 0.230 e. The molecule has 0 saturated carbocycles. The summed E-state index contributed by atoms with van der Waals surface area (Å²) >= 11 is 4.62. The van der Waals surface area contributed by atoms with E-state index in [0.29, 0.717) is 36.1 Å². The molecule has 8 heteroatoms. The molecule has 21 heavy (non-hydrogen) atoms. The van der Waals surface area contributed by atoms with Crippen LogP contribution < -0.4 is 25.9 Å². The number of anilines is 1. The molecule has 1 amide bonds. The van der Waals surface area contributed by atoms with E-state index in [-0.39, 0.29) is 17.4 Å². The number of carbonyl (C=O) groups is 1. The summed E-state index contributed by atoms with van der Waals surface area (Å²) in [7, 11) is 0. The highest BCUT2D eigenvalue weighted by Crippen LogP contribution is 2.32. The van der Waals surface area contributed by atoms with Crippen LogP contribution in [0.2, 0.25) is 0 Å². The van der Waals surface area contributed by atoms with Crippen molar-refractivity contribution in [2.75, 3.05) is 18.5 Å². The molecule has 0 spiro atoms. The fourth-order valence-electron chi connectivity index (χ4n) is 1.75. The third kappa shape index (κ3) is 4.60. The fourth-order valence-corrected chi connectivity index (χ4v) is 1.79. The fraction of sp³-hybridized carbons (Fsp3) is 0.308. The first-order valence-electron chi connectivity index (χ1n) is 6.32. The van der Waals surface area contributed by atoms with Gasteiger partial charge in [0.2, 0.25) is 5.91 Å². The lowest BCUT2D eigenvalue weighted by Gasteiger charge is -2.19. The Kier molecular flexibility index (Phi) is 4.94. The van der Waals surface area contributed by atoms with Crippen molar-refractivity contribution < 1.29 is 14.3 Å². The van der Waals surface area contributed by atoms with Crippen LogP contribution in [0.3, 0.4) is 0 Å². The molecule has 1 heterocycles. The number of thiocarbonyl (C=S) groups is 1. The summed E-state index contributed by atoms with van der Waals surface area (Å²) in [5.41, 5.74) is 8.89. The van der Waals surface area contributed by atoms with Crippen molar-refractivity contribution in [3.63, 3.8) is 0 Å². The topological polar surface area (TPSA) is 98.0 Å². The molecule has 4 N–H and O–H groups in total. The maximum atomic E-state index is 11.9.